The molecule has 3 aliphatic rings. The number of pyridine rings is 1. The van der Waals surface area contributed by atoms with Gasteiger partial charge in [-0.15, -0.1) is 0 Å². The number of aromatic hydroxyl groups is 1. The molecule has 46 heavy (non-hydrogen) atoms. The summed E-state index contributed by atoms with van der Waals surface area (Å²) in [4.78, 5) is 5.05. The van der Waals surface area contributed by atoms with Gasteiger partial charge in [0.05, 0.1) is 11.4 Å². The molecule has 3 aromatic carbocycles. The van der Waals surface area contributed by atoms with Crippen LogP contribution in [-0.2, 0) is 29.4 Å². The van der Waals surface area contributed by atoms with E-state index in [1.807, 2.05) is 35.7 Å². The second-order valence-corrected chi connectivity index (χ2v) is 15.7. The Bertz CT molecular complexity index is 1670. The van der Waals surface area contributed by atoms with Crippen molar-refractivity contribution in [3.63, 3.8) is 0 Å². The molecule has 0 saturated heterocycles. The van der Waals surface area contributed by atoms with Gasteiger partial charge in [0.15, 0.2) is 0 Å². The highest BCUT2D eigenvalue weighted by Gasteiger charge is 2.61. The molecule has 5 atom stereocenters. The normalized spacial score (nSPS) is 26.3. The first kappa shape index (κ1) is 31.4. The molecule has 7 rings (SSSR count). The fourth-order valence-corrected chi connectivity index (χ4v) is 10.3. The lowest BCUT2D eigenvalue weighted by atomic mass is 9.53. The van der Waals surface area contributed by atoms with Crippen molar-refractivity contribution in [2.75, 3.05) is 0 Å². The highest BCUT2D eigenvalue weighted by Crippen LogP contribution is 2.64. The smallest absolute Gasteiger partial charge is 0.131 e. The Labute approximate surface area is 282 Å². The van der Waals surface area contributed by atoms with Gasteiger partial charge >= 0.3 is 0 Å². The third-order valence-corrected chi connectivity index (χ3v) is 13.0. The molecule has 0 radical (unpaired) electrons. The number of thioether (sulfide) groups is 2. The summed E-state index contributed by atoms with van der Waals surface area (Å²) in [6, 6.07) is 31.4. The zero-order chi connectivity index (χ0) is 31.6. The third kappa shape index (κ3) is 6.50. The van der Waals surface area contributed by atoms with Gasteiger partial charge in [0, 0.05) is 34.0 Å². The van der Waals surface area contributed by atoms with E-state index in [0.717, 1.165) is 78.5 Å². The standard InChI is InChI=1S/C41H43NO2S2/c1-40-19-17-37-36-15-13-35(43)24-32(36)12-14-38(37)39(40)18-21-41(40,44)20-16-31-22-33(27-45-25-29-8-4-2-5-9-29)42-34(23-31)28-46-26-30-10-6-3-7-11-30/h2-11,13,15,22-24,37-39,43-44H,12,14,17-19,21,25-28H2,1H3/t37-,38-,39+,40+,41+/m1/s1. The molecule has 0 aliphatic heterocycles. The molecule has 4 aromatic rings. The Morgan fingerprint density at radius 2 is 1.43 bits per heavy atom. The van der Waals surface area contributed by atoms with E-state index in [0.29, 0.717) is 23.5 Å². The minimum absolute atomic E-state index is 0.217. The molecule has 2 fully saturated rings. The van der Waals surface area contributed by atoms with E-state index < -0.39 is 5.60 Å². The second-order valence-electron chi connectivity index (χ2n) is 13.7. The van der Waals surface area contributed by atoms with E-state index in [9.17, 15) is 10.2 Å². The van der Waals surface area contributed by atoms with Crippen LogP contribution in [0.15, 0.2) is 91.0 Å². The van der Waals surface area contributed by atoms with Crippen LogP contribution in [-0.4, -0.2) is 20.8 Å². The molecule has 0 amide bonds. The molecule has 0 unspecified atom stereocenters. The van der Waals surface area contributed by atoms with E-state index in [1.165, 1.54) is 22.3 Å². The van der Waals surface area contributed by atoms with Gasteiger partial charge < -0.3 is 10.2 Å². The topological polar surface area (TPSA) is 53.4 Å². The van der Waals surface area contributed by atoms with Crippen molar-refractivity contribution in [3.05, 3.63) is 130 Å². The Balaban J connectivity index is 1.10. The lowest BCUT2D eigenvalue weighted by molar-refractivity contribution is -0.0647. The van der Waals surface area contributed by atoms with Crippen molar-refractivity contribution < 1.29 is 10.2 Å². The third-order valence-electron chi connectivity index (χ3n) is 10.9. The number of aromatic nitrogens is 1. The van der Waals surface area contributed by atoms with Gasteiger partial charge in [0.2, 0.25) is 0 Å². The molecule has 0 spiro atoms. The first-order valence-corrected chi connectivity index (χ1v) is 19.0. The van der Waals surface area contributed by atoms with E-state index in [1.54, 1.807) is 0 Å². The molecule has 2 N–H and O–H groups in total. The first-order valence-electron chi connectivity index (χ1n) is 16.7. The summed E-state index contributed by atoms with van der Waals surface area (Å²) in [5.41, 5.74) is 7.23. The summed E-state index contributed by atoms with van der Waals surface area (Å²) < 4.78 is 0. The fourth-order valence-electron chi connectivity index (χ4n) is 8.53. The molecule has 3 aliphatic carbocycles. The van der Waals surface area contributed by atoms with E-state index >= 15 is 0 Å². The molecule has 1 heterocycles. The van der Waals surface area contributed by atoms with E-state index in [-0.39, 0.29) is 5.41 Å². The van der Waals surface area contributed by atoms with Crippen LogP contribution in [0.25, 0.3) is 0 Å². The van der Waals surface area contributed by atoms with Crippen molar-refractivity contribution in [3.8, 4) is 17.6 Å². The summed E-state index contributed by atoms with van der Waals surface area (Å²) in [5, 5.41) is 22.3. The molecule has 5 heteroatoms. The maximum absolute atomic E-state index is 12.3. The monoisotopic (exact) mass is 645 g/mol. The number of rotatable bonds is 8. The van der Waals surface area contributed by atoms with Gasteiger partial charge in [-0.1, -0.05) is 85.5 Å². The summed E-state index contributed by atoms with van der Waals surface area (Å²) in [6.45, 7) is 2.31. The number of phenols is 1. The van der Waals surface area contributed by atoms with Gasteiger partial charge in [-0.2, -0.15) is 23.5 Å². The molecule has 1 aromatic heterocycles. The number of aliphatic hydroxyl groups is 1. The van der Waals surface area contributed by atoms with Gasteiger partial charge in [-0.3, -0.25) is 4.98 Å². The summed E-state index contributed by atoms with van der Waals surface area (Å²) in [7, 11) is 0. The number of aryl methyl sites for hydroxylation is 1. The van der Waals surface area contributed by atoms with Crippen LogP contribution in [0, 0.1) is 29.1 Å². The van der Waals surface area contributed by atoms with Crippen molar-refractivity contribution in [1.29, 1.82) is 0 Å². The average Bonchev–Trinajstić information content (AvgIpc) is 3.35. The Kier molecular flexibility index (Phi) is 9.23. The summed E-state index contributed by atoms with van der Waals surface area (Å²) >= 11 is 3.76. The van der Waals surface area contributed by atoms with Crippen LogP contribution < -0.4 is 0 Å². The maximum atomic E-state index is 12.3. The average molecular weight is 646 g/mol. The van der Waals surface area contributed by atoms with Crippen LogP contribution in [0.4, 0.5) is 0 Å². The first-order chi connectivity index (χ1) is 22.4. The van der Waals surface area contributed by atoms with Crippen LogP contribution >= 0.6 is 23.5 Å². The molecule has 3 nitrogen and oxygen atoms in total. The van der Waals surface area contributed by atoms with Gasteiger partial charge in [-0.05, 0) is 103 Å². The molecular weight excluding hydrogens is 603 g/mol. The van der Waals surface area contributed by atoms with Crippen molar-refractivity contribution >= 4 is 23.5 Å². The van der Waals surface area contributed by atoms with Crippen LogP contribution in [0.2, 0.25) is 0 Å². The maximum Gasteiger partial charge on any atom is 0.131 e. The van der Waals surface area contributed by atoms with Crippen molar-refractivity contribution in [2.24, 2.45) is 17.3 Å². The number of hydrogen-bond acceptors (Lipinski definition) is 5. The van der Waals surface area contributed by atoms with Crippen LogP contribution in [0.1, 0.15) is 84.2 Å². The minimum atomic E-state index is -0.994. The largest absolute Gasteiger partial charge is 0.508 e. The van der Waals surface area contributed by atoms with Gasteiger partial charge in [0.1, 0.15) is 11.4 Å². The molecule has 2 saturated carbocycles. The molecular formula is C41H43NO2S2. The highest BCUT2D eigenvalue weighted by atomic mass is 32.2. The number of benzene rings is 3. The number of fused-ring (bicyclic) bond motifs is 5. The summed E-state index contributed by atoms with van der Waals surface area (Å²) in [5.74, 6) is 12.4. The highest BCUT2D eigenvalue weighted by molar-refractivity contribution is 7.98. The molecule has 236 valence electrons. The van der Waals surface area contributed by atoms with E-state index in [4.69, 9.17) is 4.98 Å². The predicted octanol–water partition coefficient (Wildman–Crippen LogP) is 9.29. The minimum Gasteiger partial charge on any atom is -0.508 e. The van der Waals surface area contributed by atoms with Crippen molar-refractivity contribution in [2.45, 2.75) is 80.0 Å². The van der Waals surface area contributed by atoms with Crippen molar-refractivity contribution in [1.82, 2.24) is 4.98 Å². The SMILES string of the molecule is C[C@]12CC[C@@H]3c4ccc(O)cc4CC[C@H]3[C@@H]1CC[C@@]2(O)C#Cc1cc(CSCc2ccccc2)nc(CSCc2ccccc2)c1. The number of phenolic OH excluding ortho intramolecular Hbond substituents is 1. The Hall–Kier alpha value is -3.17. The Morgan fingerprint density at radius 1 is 0.783 bits per heavy atom. The Morgan fingerprint density at radius 3 is 2.09 bits per heavy atom. The zero-order valence-electron chi connectivity index (χ0n) is 26.6. The quantitative estimate of drug-likeness (QED) is 0.187. The van der Waals surface area contributed by atoms with E-state index in [2.05, 4.69) is 97.6 Å². The van der Waals surface area contributed by atoms with Gasteiger partial charge in [-0.25, -0.2) is 0 Å². The van der Waals surface area contributed by atoms with Crippen LogP contribution in [0.3, 0.4) is 0 Å². The number of nitrogens with zero attached hydrogens (tertiary/aromatic N) is 1. The predicted molar refractivity (Wildman–Crippen MR) is 192 cm³/mol. The second kappa shape index (κ2) is 13.5. The molecule has 0 bridgehead atoms. The lowest BCUT2D eigenvalue weighted by Gasteiger charge is -2.52. The fraction of sp³-hybridized carbons (Fsp3) is 0.390. The van der Waals surface area contributed by atoms with Crippen LogP contribution in [0.5, 0.6) is 5.75 Å². The zero-order valence-corrected chi connectivity index (χ0v) is 28.3. The lowest BCUT2D eigenvalue weighted by Crippen LogP contribution is -2.50. The van der Waals surface area contributed by atoms with Gasteiger partial charge in [0.25, 0.3) is 0 Å². The number of hydrogen-bond donors (Lipinski definition) is 2. The summed E-state index contributed by atoms with van der Waals surface area (Å²) in [6.07, 6.45) is 5.94.